The summed E-state index contributed by atoms with van der Waals surface area (Å²) >= 11 is 0. The van der Waals surface area contributed by atoms with Gasteiger partial charge >= 0.3 is 6.09 Å². The van der Waals surface area contributed by atoms with Gasteiger partial charge in [-0.3, -0.25) is 0 Å². The topological polar surface area (TPSA) is 67.8 Å². The lowest BCUT2D eigenvalue weighted by Gasteiger charge is -2.20. The van der Waals surface area contributed by atoms with Crippen LogP contribution in [0.5, 0.6) is 0 Å². The molecule has 0 bridgehead atoms. The third-order valence-electron chi connectivity index (χ3n) is 5.09. The zero-order valence-corrected chi connectivity index (χ0v) is 19.3. The van der Waals surface area contributed by atoms with Crippen molar-refractivity contribution >= 4 is 6.09 Å². The molecule has 2 N–H and O–H groups in total. The average molecular weight is 440 g/mol. The van der Waals surface area contributed by atoms with Crippen LogP contribution in [0.25, 0.3) is 0 Å². The van der Waals surface area contributed by atoms with E-state index in [1.165, 1.54) is 0 Å². The molecular weight excluding hydrogens is 402 g/mol. The van der Waals surface area contributed by atoms with Gasteiger partial charge < -0.3 is 19.9 Å². The maximum Gasteiger partial charge on any atom is 0.407 e. The molecule has 32 heavy (non-hydrogen) atoms. The highest BCUT2D eigenvalue weighted by atomic mass is 16.5. The molecule has 0 heterocycles. The van der Waals surface area contributed by atoms with Gasteiger partial charge in [-0.15, -0.1) is 0 Å². The molecule has 0 saturated heterocycles. The summed E-state index contributed by atoms with van der Waals surface area (Å²) in [7, 11) is 0. The van der Waals surface area contributed by atoms with Crippen molar-refractivity contribution in [3.63, 3.8) is 0 Å². The van der Waals surface area contributed by atoms with E-state index in [0.717, 1.165) is 24.0 Å². The Morgan fingerprint density at radius 1 is 1.03 bits per heavy atom. The molecule has 0 unspecified atom stereocenters. The Kier molecular flexibility index (Phi) is 12.2. The molecule has 0 saturated carbocycles. The van der Waals surface area contributed by atoms with Gasteiger partial charge in [0.05, 0.1) is 19.3 Å². The molecule has 0 aromatic heterocycles. The summed E-state index contributed by atoms with van der Waals surface area (Å²) < 4.78 is 11.1. The minimum Gasteiger partial charge on any atom is -0.445 e. The Labute approximate surface area is 192 Å². The lowest BCUT2D eigenvalue weighted by atomic mass is 10.0. The number of amides is 1. The Morgan fingerprint density at radius 3 is 2.28 bits per heavy atom. The van der Waals surface area contributed by atoms with Crippen LogP contribution >= 0.6 is 0 Å². The molecule has 5 heteroatoms. The third-order valence-corrected chi connectivity index (χ3v) is 5.09. The number of benzene rings is 2. The monoisotopic (exact) mass is 439 g/mol. The van der Waals surface area contributed by atoms with Crippen molar-refractivity contribution in [2.45, 2.75) is 64.9 Å². The molecule has 5 nitrogen and oxygen atoms in total. The largest absolute Gasteiger partial charge is 0.445 e. The van der Waals surface area contributed by atoms with Gasteiger partial charge in [0.25, 0.3) is 0 Å². The summed E-state index contributed by atoms with van der Waals surface area (Å²) in [5.74, 6) is 0.267. The molecule has 0 aliphatic heterocycles. The molecule has 3 atom stereocenters. The number of ether oxygens (including phenoxy) is 2. The number of aliphatic hydroxyl groups is 1. The molecule has 0 aliphatic carbocycles. The standard InChI is InChI=1S/C27H37NO4/c1-3-11-25(28-27(30)32-21-24-15-8-5-9-16-24)18-26(29)17-10-12-22(2)19-31-20-23-13-6-4-7-14-23/h4-10,12-16,22,25-26,29H,3,11,17-21H2,1-2H3,(H,28,30)/b12-10-/t22-,25-,26+/m1/s1. The average Bonchev–Trinajstić information content (AvgIpc) is 2.79. The van der Waals surface area contributed by atoms with E-state index in [2.05, 4.69) is 37.4 Å². The van der Waals surface area contributed by atoms with E-state index < -0.39 is 12.2 Å². The summed E-state index contributed by atoms with van der Waals surface area (Å²) in [6, 6.07) is 19.6. The Hall–Kier alpha value is -2.63. The van der Waals surface area contributed by atoms with Crippen LogP contribution < -0.4 is 5.32 Å². The summed E-state index contributed by atoms with van der Waals surface area (Å²) in [5.41, 5.74) is 2.11. The van der Waals surface area contributed by atoms with E-state index in [-0.39, 0.29) is 18.6 Å². The second kappa shape index (κ2) is 15.2. The first-order chi connectivity index (χ1) is 15.6. The normalized spacial score (nSPS) is 14.1. The third kappa shape index (κ3) is 11.1. The number of aliphatic hydroxyl groups excluding tert-OH is 1. The van der Waals surface area contributed by atoms with Crippen LogP contribution in [0.1, 0.15) is 50.7 Å². The highest BCUT2D eigenvalue weighted by Crippen LogP contribution is 2.11. The molecule has 0 aliphatic rings. The second-order valence-electron chi connectivity index (χ2n) is 8.22. The predicted octanol–water partition coefficient (Wildman–Crippen LogP) is 5.63. The Bertz CT molecular complexity index is 779. The van der Waals surface area contributed by atoms with Gasteiger partial charge in [-0.2, -0.15) is 0 Å². The highest BCUT2D eigenvalue weighted by molar-refractivity contribution is 5.67. The van der Waals surface area contributed by atoms with E-state index in [0.29, 0.717) is 26.1 Å². The van der Waals surface area contributed by atoms with Gasteiger partial charge in [-0.1, -0.05) is 93.1 Å². The van der Waals surface area contributed by atoms with Crippen LogP contribution in [0.2, 0.25) is 0 Å². The predicted molar refractivity (Wildman–Crippen MR) is 128 cm³/mol. The molecule has 2 aromatic carbocycles. The smallest absolute Gasteiger partial charge is 0.407 e. The van der Waals surface area contributed by atoms with Crippen molar-refractivity contribution in [1.82, 2.24) is 5.32 Å². The highest BCUT2D eigenvalue weighted by Gasteiger charge is 2.16. The van der Waals surface area contributed by atoms with Crippen molar-refractivity contribution < 1.29 is 19.4 Å². The maximum absolute atomic E-state index is 12.1. The zero-order valence-electron chi connectivity index (χ0n) is 19.3. The summed E-state index contributed by atoms with van der Waals surface area (Å²) in [5, 5.41) is 13.3. The number of carbonyl (C=O) groups is 1. The van der Waals surface area contributed by atoms with E-state index in [4.69, 9.17) is 9.47 Å². The Morgan fingerprint density at radius 2 is 1.66 bits per heavy atom. The maximum atomic E-state index is 12.1. The van der Waals surface area contributed by atoms with Crippen molar-refractivity contribution in [2.75, 3.05) is 6.61 Å². The number of rotatable bonds is 14. The quantitative estimate of drug-likeness (QED) is 0.374. The number of hydrogen-bond acceptors (Lipinski definition) is 4. The fraction of sp³-hybridized carbons (Fsp3) is 0.444. The minimum atomic E-state index is -0.519. The number of alkyl carbamates (subject to hydrolysis) is 1. The second-order valence-corrected chi connectivity index (χ2v) is 8.22. The Balaban J connectivity index is 1.66. The SMILES string of the molecule is CCC[C@H](C[C@@H](O)C/C=C\[C@@H](C)COCc1ccccc1)NC(=O)OCc1ccccc1. The van der Waals surface area contributed by atoms with Gasteiger partial charge in [0, 0.05) is 6.04 Å². The molecule has 174 valence electrons. The van der Waals surface area contributed by atoms with E-state index in [9.17, 15) is 9.90 Å². The number of carbonyl (C=O) groups excluding carboxylic acids is 1. The van der Waals surface area contributed by atoms with Gasteiger partial charge in [0.2, 0.25) is 0 Å². The van der Waals surface area contributed by atoms with Crippen LogP contribution in [0.15, 0.2) is 72.8 Å². The van der Waals surface area contributed by atoms with E-state index >= 15 is 0 Å². The molecule has 1 amide bonds. The van der Waals surface area contributed by atoms with Gasteiger partial charge in [-0.25, -0.2) is 4.79 Å². The molecule has 2 rings (SSSR count). The van der Waals surface area contributed by atoms with Crippen molar-refractivity contribution in [2.24, 2.45) is 5.92 Å². The number of hydrogen-bond donors (Lipinski definition) is 2. The fourth-order valence-electron chi connectivity index (χ4n) is 3.41. The first kappa shape index (κ1) is 25.6. The van der Waals surface area contributed by atoms with E-state index in [1.54, 1.807) is 0 Å². The molecule has 0 radical (unpaired) electrons. The first-order valence-electron chi connectivity index (χ1n) is 11.5. The number of nitrogens with one attached hydrogen (secondary N) is 1. The van der Waals surface area contributed by atoms with Crippen molar-refractivity contribution in [1.29, 1.82) is 0 Å². The van der Waals surface area contributed by atoms with Crippen LogP contribution in [-0.2, 0) is 22.7 Å². The van der Waals surface area contributed by atoms with Crippen LogP contribution in [0.3, 0.4) is 0 Å². The lowest BCUT2D eigenvalue weighted by molar-refractivity contribution is 0.103. The molecule has 2 aromatic rings. The molecule has 0 spiro atoms. The van der Waals surface area contributed by atoms with Gasteiger partial charge in [0.1, 0.15) is 6.61 Å². The summed E-state index contributed by atoms with van der Waals surface area (Å²) in [6.45, 7) is 5.63. The van der Waals surface area contributed by atoms with Crippen LogP contribution in [-0.4, -0.2) is 30.0 Å². The van der Waals surface area contributed by atoms with Crippen LogP contribution in [0.4, 0.5) is 4.79 Å². The van der Waals surface area contributed by atoms with Crippen molar-refractivity contribution in [3.05, 3.63) is 83.9 Å². The van der Waals surface area contributed by atoms with Crippen molar-refractivity contribution in [3.8, 4) is 0 Å². The fourth-order valence-corrected chi connectivity index (χ4v) is 3.41. The molecular formula is C27H37NO4. The minimum absolute atomic E-state index is 0.113. The van der Waals surface area contributed by atoms with Crippen LogP contribution in [0, 0.1) is 5.92 Å². The lowest BCUT2D eigenvalue weighted by Crippen LogP contribution is -2.37. The van der Waals surface area contributed by atoms with Gasteiger partial charge in [-0.05, 0) is 36.3 Å². The molecule has 0 fully saturated rings. The summed E-state index contributed by atoms with van der Waals surface area (Å²) in [4.78, 5) is 12.1. The summed E-state index contributed by atoms with van der Waals surface area (Å²) in [6.07, 6.45) is 5.87. The van der Waals surface area contributed by atoms with E-state index in [1.807, 2.05) is 54.6 Å². The zero-order chi connectivity index (χ0) is 23.0. The first-order valence-corrected chi connectivity index (χ1v) is 11.5. The van der Waals surface area contributed by atoms with Gasteiger partial charge in [0.15, 0.2) is 0 Å².